The quantitative estimate of drug-likeness (QED) is 0.725. The Labute approximate surface area is 88.1 Å². The molecule has 1 heterocycles. The Balaban J connectivity index is 1.78. The molecule has 1 aliphatic heterocycles. The molecule has 0 aromatic heterocycles. The molecule has 14 heavy (non-hydrogen) atoms. The van der Waals surface area contributed by atoms with Gasteiger partial charge in [-0.3, -0.25) is 0 Å². The van der Waals surface area contributed by atoms with Crippen LogP contribution in [0.2, 0.25) is 0 Å². The van der Waals surface area contributed by atoms with Crippen LogP contribution in [0.1, 0.15) is 39.0 Å². The number of hydrogen-bond donors (Lipinski definition) is 1. The fraction of sp³-hybridized carbons (Fsp3) is 1.00. The second-order valence-corrected chi connectivity index (χ2v) is 5.28. The second kappa shape index (κ2) is 4.63. The molecule has 2 aliphatic rings. The lowest BCUT2D eigenvalue weighted by Gasteiger charge is -2.32. The van der Waals surface area contributed by atoms with E-state index in [-0.39, 0.29) is 0 Å². The van der Waals surface area contributed by atoms with Crippen LogP contribution in [-0.4, -0.2) is 37.1 Å². The number of likely N-dealkylation sites (tertiary alicyclic amines) is 1. The van der Waals surface area contributed by atoms with Crippen molar-refractivity contribution in [3.05, 3.63) is 0 Å². The summed E-state index contributed by atoms with van der Waals surface area (Å²) in [5.41, 5.74) is 0. The van der Waals surface area contributed by atoms with Crippen LogP contribution in [0, 0.1) is 5.92 Å². The summed E-state index contributed by atoms with van der Waals surface area (Å²) in [7, 11) is 2.23. The largest absolute Gasteiger partial charge is 0.310 e. The Hall–Kier alpha value is -0.0800. The monoisotopic (exact) mass is 196 g/mol. The Morgan fingerprint density at radius 1 is 1.14 bits per heavy atom. The highest BCUT2D eigenvalue weighted by atomic mass is 15.2. The van der Waals surface area contributed by atoms with Crippen molar-refractivity contribution in [3.8, 4) is 0 Å². The average Bonchev–Trinajstić information content (AvgIpc) is 2.56. The van der Waals surface area contributed by atoms with Crippen LogP contribution in [0.3, 0.4) is 0 Å². The summed E-state index contributed by atoms with van der Waals surface area (Å²) in [6, 6.07) is 1.57. The van der Waals surface area contributed by atoms with E-state index in [4.69, 9.17) is 0 Å². The standard InChI is InChI=1S/C12H24N2/c1-10-5-3-4-6-12(10)13-11-7-8-14(2)9-11/h10-13H,3-9H2,1-2H3/t10-,11-,12+/m1/s1. The van der Waals surface area contributed by atoms with Gasteiger partial charge in [-0.05, 0) is 38.8 Å². The molecule has 2 heteroatoms. The molecule has 0 aromatic carbocycles. The molecule has 1 saturated carbocycles. The van der Waals surface area contributed by atoms with Crippen LogP contribution in [0.15, 0.2) is 0 Å². The number of rotatable bonds is 2. The molecule has 1 N–H and O–H groups in total. The van der Waals surface area contributed by atoms with E-state index in [9.17, 15) is 0 Å². The molecule has 0 unspecified atom stereocenters. The fourth-order valence-electron chi connectivity index (χ4n) is 2.94. The third-order valence-corrected chi connectivity index (χ3v) is 3.95. The molecule has 2 rings (SSSR count). The first-order chi connectivity index (χ1) is 6.75. The highest BCUT2D eigenvalue weighted by molar-refractivity contribution is 4.86. The first-order valence-corrected chi connectivity index (χ1v) is 6.20. The predicted octanol–water partition coefficient (Wildman–Crippen LogP) is 1.86. The van der Waals surface area contributed by atoms with Crippen molar-refractivity contribution in [2.24, 2.45) is 5.92 Å². The first-order valence-electron chi connectivity index (χ1n) is 6.20. The van der Waals surface area contributed by atoms with Gasteiger partial charge in [-0.15, -0.1) is 0 Å². The van der Waals surface area contributed by atoms with E-state index in [1.165, 1.54) is 45.2 Å². The zero-order valence-electron chi connectivity index (χ0n) is 9.63. The minimum absolute atomic E-state index is 0.769. The van der Waals surface area contributed by atoms with E-state index in [0.29, 0.717) is 0 Å². The maximum atomic E-state index is 3.86. The Bertz CT molecular complexity index is 181. The maximum absolute atomic E-state index is 3.86. The van der Waals surface area contributed by atoms with Gasteiger partial charge in [-0.25, -0.2) is 0 Å². The van der Waals surface area contributed by atoms with Gasteiger partial charge in [-0.1, -0.05) is 19.8 Å². The topological polar surface area (TPSA) is 15.3 Å². The van der Waals surface area contributed by atoms with E-state index in [0.717, 1.165) is 18.0 Å². The highest BCUT2D eigenvalue weighted by Crippen LogP contribution is 2.24. The summed E-state index contributed by atoms with van der Waals surface area (Å²) < 4.78 is 0. The van der Waals surface area contributed by atoms with Crippen molar-refractivity contribution in [1.82, 2.24) is 10.2 Å². The first kappa shape index (κ1) is 10.4. The molecule has 0 aromatic rings. The van der Waals surface area contributed by atoms with Crippen LogP contribution in [-0.2, 0) is 0 Å². The Kier molecular flexibility index (Phi) is 3.45. The van der Waals surface area contributed by atoms with Gasteiger partial charge in [0, 0.05) is 18.6 Å². The summed E-state index contributed by atoms with van der Waals surface area (Å²) in [5, 5.41) is 3.86. The lowest BCUT2D eigenvalue weighted by atomic mass is 9.85. The third kappa shape index (κ3) is 2.48. The van der Waals surface area contributed by atoms with Crippen molar-refractivity contribution in [3.63, 3.8) is 0 Å². The second-order valence-electron chi connectivity index (χ2n) is 5.28. The van der Waals surface area contributed by atoms with E-state index in [1.54, 1.807) is 0 Å². The van der Waals surface area contributed by atoms with Gasteiger partial charge in [0.1, 0.15) is 0 Å². The molecule has 2 nitrogen and oxygen atoms in total. The van der Waals surface area contributed by atoms with E-state index in [2.05, 4.69) is 24.2 Å². The van der Waals surface area contributed by atoms with Crippen LogP contribution < -0.4 is 5.32 Å². The average molecular weight is 196 g/mol. The molecule has 0 bridgehead atoms. The summed E-state index contributed by atoms with van der Waals surface area (Å²) in [4.78, 5) is 2.44. The minimum Gasteiger partial charge on any atom is -0.310 e. The van der Waals surface area contributed by atoms with Gasteiger partial charge in [0.05, 0.1) is 0 Å². The molecule has 0 amide bonds. The molecule has 2 fully saturated rings. The Morgan fingerprint density at radius 3 is 2.57 bits per heavy atom. The van der Waals surface area contributed by atoms with E-state index in [1.807, 2.05) is 0 Å². The zero-order chi connectivity index (χ0) is 9.97. The molecule has 0 radical (unpaired) electrons. The summed E-state index contributed by atoms with van der Waals surface area (Å²) in [5.74, 6) is 0.898. The number of hydrogen-bond acceptors (Lipinski definition) is 2. The number of nitrogens with zero attached hydrogens (tertiary/aromatic N) is 1. The smallest absolute Gasteiger partial charge is 0.0209 e. The van der Waals surface area contributed by atoms with Crippen molar-refractivity contribution < 1.29 is 0 Å². The van der Waals surface area contributed by atoms with E-state index < -0.39 is 0 Å². The summed E-state index contributed by atoms with van der Waals surface area (Å²) in [6.45, 7) is 4.94. The van der Waals surface area contributed by atoms with E-state index >= 15 is 0 Å². The molecule has 3 atom stereocenters. The summed E-state index contributed by atoms with van der Waals surface area (Å²) in [6.07, 6.45) is 7.07. The normalized spacial score (nSPS) is 40.3. The molecule has 1 aliphatic carbocycles. The van der Waals surface area contributed by atoms with Crippen molar-refractivity contribution in [1.29, 1.82) is 0 Å². The summed E-state index contributed by atoms with van der Waals surface area (Å²) >= 11 is 0. The predicted molar refractivity (Wildman–Crippen MR) is 60.5 cm³/mol. The van der Waals surface area contributed by atoms with Crippen LogP contribution in [0.25, 0.3) is 0 Å². The van der Waals surface area contributed by atoms with Gasteiger partial charge in [0.2, 0.25) is 0 Å². The van der Waals surface area contributed by atoms with Crippen molar-refractivity contribution in [2.45, 2.75) is 51.1 Å². The highest BCUT2D eigenvalue weighted by Gasteiger charge is 2.26. The van der Waals surface area contributed by atoms with Gasteiger partial charge >= 0.3 is 0 Å². The lowest BCUT2D eigenvalue weighted by Crippen LogP contribution is -2.44. The zero-order valence-corrected chi connectivity index (χ0v) is 9.63. The fourth-order valence-corrected chi connectivity index (χ4v) is 2.94. The molecule has 0 spiro atoms. The van der Waals surface area contributed by atoms with Crippen molar-refractivity contribution >= 4 is 0 Å². The van der Waals surface area contributed by atoms with Crippen molar-refractivity contribution in [2.75, 3.05) is 20.1 Å². The number of likely N-dealkylation sites (N-methyl/N-ethyl adjacent to an activating group) is 1. The Morgan fingerprint density at radius 2 is 1.93 bits per heavy atom. The van der Waals surface area contributed by atoms with Crippen LogP contribution >= 0.6 is 0 Å². The third-order valence-electron chi connectivity index (χ3n) is 3.95. The maximum Gasteiger partial charge on any atom is 0.0209 e. The number of nitrogens with one attached hydrogen (secondary N) is 1. The molecule has 82 valence electrons. The van der Waals surface area contributed by atoms with Gasteiger partial charge in [0.25, 0.3) is 0 Å². The molecule has 1 saturated heterocycles. The molecular weight excluding hydrogens is 172 g/mol. The van der Waals surface area contributed by atoms with Gasteiger partial charge in [-0.2, -0.15) is 0 Å². The van der Waals surface area contributed by atoms with Gasteiger partial charge < -0.3 is 10.2 Å². The van der Waals surface area contributed by atoms with Gasteiger partial charge in [0.15, 0.2) is 0 Å². The lowest BCUT2D eigenvalue weighted by molar-refractivity contribution is 0.257. The SMILES string of the molecule is C[C@@H]1CCCC[C@@H]1N[C@@H]1CCN(C)C1. The van der Waals surface area contributed by atoms with Crippen LogP contribution in [0.5, 0.6) is 0 Å². The minimum atomic E-state index is 0.769. The molecular formula is C12H24N2. The van der Waals surface area contributed by atoms with Crippen LogP contribution in [0.4, 0.5) is 0 Å².